The maximum absolute atomic E-state index is 13.3. The predicted molar refractivity (Wildman–Crippen MR) is 95.6 cm³/mol. The van der Waals surface area contributed by atoms with Gasteiger partial charge < -0.3 is 9.80 Å². The zero-order valence-corrected chi connectivity index (χ0v) is 15.0. The number of carbonyl (C=O) groups excluding carboxylic acids is 1. The van der Waals surface area contributed by atoms with Gasteiger partial charge in [-0.25, -0.2) is 9.78 Å². The van der Waals surface area contributed by atoms with Gasteiger partial charge in [-0.3, -0.25) is 5.32 Å². The average Bonchev–Trinajstić information content (AvgIpc) is 3.13. The van der Waals surface area contributed by atoms with Crippen molar-refractivity contribution in [1.82, 2.24) is 9.88 Å². The minimum atomic E-state index is -4.47. The monoisotopic (exact) mass is 384 g/mol. The molecule has 2 amide bonds. The van der Waals surface area contributed by atoms with Crippen molar-refractivity contribution in [2.45, 2.75) is 25.1 Å². The molecule has 3 rings (SSSR count). The largest absolute Gasteiger partial charge is 0.419 e. The van der Waals surface area contributed by atoms with Crippen molar-refractivity contribution in [3.05, 3.63) is 41.4 Å². The first kappa shape index (κ1) is 18.5. The van der Waals surface area contributed by atoms with E-state index in [0.29, 0.717) is 19.5 Å². The Balaban J connectivity index is 1.72. The lowest BCUT2D eigenvalue weighted by Gasteiger charge is -2.38. The van der Waals surface area contributed by atoms with Crippen molar-refractivity contribution < 1.29 is 18.0 Å². The van der Waals surface area contributed by atoms with Gasteiger partial charge in [0, 0.05) is 32.4 Å². The maximum atomic E-state index is 13.3. The van der Waals surface area contributed by atoms with Crippen molar-refractivity contribution in [3.8, 4) is 0 Å². The number of likely N-dealkylation sites (N-methyl/N-ethyl adjacent to an activating group) is 1. The summed E-state index contributed by atoms with van der Waals surface area (Å²) in [5, 5.41) is 5.43. The van der Waals surface area contributed by atoms with Gasteiger partial charge in [0.15, 0.2) is 0 Å². The second-order valence-electron chi connectivity index (χ2n) is 6.13. The molecule has 0 bridgehead atoms. The Morgan fingerprint density at radius 1 is 1.38 bits per heavy atom. The molecule has 0 saturated carbocycles. The summed E-state index contributed by atoms with van der Waals surface area (Å²) in [4.78, 5) is 19.5. The number of pyridine rings is 1. The number of carbonyl (C=O) groups is 1. The van der Waals surface area contributed by atoms with E-state index in [1.54, 1.807) is 18.0 Å². The van der Waals surface area contributed by atoms with E-state index in [-0.39, 0.29) is 17.9 Å². The molecule has 2 aromatic heterocycles. The zero-order chi connectivity index (χ0) is 18.7. The first-order chi connectivity index (χ1) is 12.4. The predicted octanol–water partition coefficient (Wildman–Crippen LogP) is 4.29. The topological polar surface area (TPSA) is 48.5 Å². The summed E-state index contributed by atoms with van der Waals surface area (Å²) >= 11 is 1.42. The number of thiophene rings is 1. The van der Waals surface area contributed by atoms with Crippen LogP contribution in [0.3, 0.4) is 0 Å². The van der Waals surface area contributed by atoms with Crippen LogP contribution in [0.2, 0.25) is 0 Å². The van der Waals surface area contributed by atoms with Crippen LogP contribution >= 0.6 is 11.3 Å². The Morgan fingerprint density at radius 2 is 2.19 bits per heavy atom. The number of aromatic nitrogens is 1. The smallest absolute Gasteiger partial charge is 0.354 e. The van der Waals surface area contributed by atoms with Gasteiger partial charge in [-0.1, -0.05) is 0 Å². The van der Waals surface area contributed by atoms with Crippen LogP contribution in [0.5, 0.6) is 0 Å². The molecule has 26 heavy (non-hydrogen) atoms. The second-order valence-corrected chi connectivity index (χ2v) is 7.08. The number of rotatable bonds is 3. The number of nitrogens with one attached hydrogen (secondary N) is 1. The van der Waals surface area contributed by atoms with Gasteiger partial charge in [0.1, 0.15) is 5.82 Å². The summed E-state index contributed by atoms with van der Waals surface area (Å²) in [6.07, 6.45) is -1.69. The molecule has 9 heteroatoms. The Bertz CT molecular complexity index is 751. The average molecular weight is 384 g/mol. The number of urea groups is 1. The van der Waals surface area contributed by atoms with Gasteiger partial charge in [-0.2, -0.15) is 13.2 Å². The SMILES string of the molecule is CN(c1ncccc1C(F)(F)F)C1CCCN(C(=O)Nc2cccs2)C1. The number of alkyl halides is 3. The lowest BCUT2D eigenvalue weighted by atomic mass is 10.0. The quantitative estimate of drug-likeness (QED) is 0.859. The lowest BCUT2D eigenvalue weighted by molar-refractivity contribution is -0.137. The van der Waals surface area contributed by atoms with Gasteiger partial charge in [-0.15, -0.1) is 11.3 Å². The van der Waals surface area contributed by atoms with Crippen LogP contribution in [-0.2, 0) is 6.18 Å². The fourth-order valence-electron chi connectivity index (χ4n) is 3.06. The minimum Gasteiger partial charge on any atom is -0.354 e. The zero-order valence-electron chi connectivity index (χ0n) is 14.2. The molecule has 0 spiro atoms. The van der Waals surface area contributed by atoms with Crippen molar-refractivity contribution in [1.29, 1.82) is 0 Å². The Labute approximate surface area is 153 Å². The van der Waals surface area contributed by atoms with Crippen LogP contribution in [0.1, 0.15) is 18.4 Å². The molecule has 1 N–H and O–H groups in total. The molecule has 1 fully saturated rings. The Morgan fingerprint density at radius 3 is 2.88 bits per heavy atom. The van der Waals surface area contributed by atoms with Crippen molar-refractivity contribution in [2.24, 2.45) is 0 Å². The number of piperidine rings is 1. The molecule has 0 aliphatic carbocycles. The molecule has 2 aromatic rings. The molecule has 140 valence electrons. The van der Waals surface area contributed by atoms with Crippen molar-refractivity contribution in [3.63, 3.8) is 0 Å². The standard InChI is InChI=1S/C17H19F3N4OS/c1-23(15-13(17(18,19)20)6-2-8-21-15)12-5-3-9-24(11-12)16(25)22-14-7-4-10-26-14/h2,4,6-8,10,12H,3,5,9,11H2,1H3,(H,22,25). The molecule has 1 aliphatic rings. The molecule has 5 nitrogen and oxygen atoms in total. The highest BCUT2D eigenvalue weighted by molar-refractivity contribution is 7.14. The molecular weight excluding hydrogens is 365 g/mol. The van der Waals surface area contributed by atoms with E-state index in [1.165, 1.54) is 28.5 Å². The Hall–Kier alpha value is -2.29. The normalized spacial score (nSPS) is 17.8. The van der Waals surface area contributed by atoms with Gasteiger partial charge in [0.2, 0.25) is 0 Å². The second kappa shape index (κ2) is 7.53. The first-order valence-corrected chi connectivity index (χ1v) is 9.08. The fourth-order valence-corrected chi connectivity index (χ4v) is 3.67. The lowest BCUT2D eigenvalue weighted by Crippen LogP contribution is -2.50. The van der Waals surface area contributed by atoms with Gasteiger partial charge in [0.25, 0.3) is 0 Å². The first-order valence-electron chi connectivity index (χ1n) is 8.20. The van der Waals surface area contributed by atoms with E-state index < -0.39 is 11.7 Å². The summed E-state index contributed by atoms with van der Waals surface area (Å²) < 4.78 is 39.8. The number of halogens is 3. The van der Waals surface area contributed by atoms with Crippen LogP contribution < -0.4 is 10.2 Å². The number of nitrogens with zero attached hydrogens (tertiary/aromatic N) is 3. The van der Waals surface area contributed by atoms with E-state index in [2.05, 4.69) is 10.3 Å². The fraction of sp³-hybridized carbons (Fsp3) is 0.412. The van der Waals surface area contributed by atoms with Crippen molar-refractivity contribution >= 4 is 28.2 Å². The van der Waals surface area contributed by atoms with E-state index in [0.717, 1.165) is 17.5 Å². The molecule has 1 atom stereocenters. The van der Waals surface area contributed by atoms with Gasteiger partial charge in [0.05, 0.1) is 10.6 Å². The maximum Gasteiger partial charge on any atom is 0.419 e. The summed E-state index contributed by atoms with van der Waals surface area (Å²) in [6.45, 7) is 0.928. The van der Waals surface area contributed by atoms with Gasteiger partial charge in [-0.05, 0) is 42.5 Å². The summed E-state index contributed by atoms with van der Waals surface area (Å²) in [5.41, 5.74) is -0.761. The number of hydrogen-bond acceptors (Lipinski definition) is 4. The molecule has 1 unspecified atom stereocenters. The highest BCUT2D eigenvalue weighted by Gasteiger charge is 2.37. The third-order valence-electron chi connectivity index (χ3n) is 4.41. The number of likely N-dealkylation sites (tertiary alicyclic amines) is 1. The van der Waals surface area contributed by atoms with Crippen LogP contribution in [0, 0.1) is 0 Å². The van der Waals surface area contributed by atoms with Gasteiger partial charge >= 0.3 is 12.2 Å². The molecule has 1 aliphatic heterocycles. The third-order valence-corrected chi connectivity index (χ3v) is 5.19. The highest BCUT2D eigenvalue weighted by atomic mass is 32.1. The van der Waals surface area contributed by atoms with Crippen molar-refractivity contribution in [2.75, 3.05) is 30.4 Å². The molecule has 1 saturated heterocycles. The molecular formula is C17H19F3N4OS. The van der Waals surface area contributed by atoms with Crippen LogP contribution in [0.4, 0.5) is 28.8 Å². The highest BCUT2D eigenvalue weighted by Crippen LogP contribution is 2.36. The van der Waals surface area contributed by atoms with E-state index >= 15 is 0 Å². The number of amides is 2. The summed E-state index contributed by atoms with van der Waals surface area (Å²) in [7, 11) is 1.60. The number of anilines is 2. The van der Waals surface area contributed by atoms with E-state index in [4.69, 9.17) is 0 Å². The van der Waals surface area contributed by atoms with Crippen LogP contribution in [0.15, 0.2) is 35.8 Å². The molecule has 0 radical (unpaired) electrons. The summed E-state index contributed by atoms with van der Waals surface area (Å²) in [5.74, 6) is -0.106. The van der Waals surface area contributed by atoms with E-state index in [1.807, 2.05) is 11.4 Å². The molecule has 0 aromatic carbocycles. The minimum absolute atomic E-state index is 0.106. The van der Waals surface area contributed by atoms with Crippen LogP contribution in [-0.4, -0.2) is 42.1 Å². The van der Waals surface area contributed by atoms with Crippen LogP contribution in [0.25, 0.3) is 0 Å². The Kier molecular flexibility index (Phi) is 5.36. The van der Waals surface area contributed by atoms with E-state index in [9.17, 15) is 18.0 Å². The number of hydrogen-bond donors (Lipinski definition) is 1. The summed E-state index contributed by atoms with van der Waals surface area (Å²) in [6, 6.07) is 5.49. The molecule has 3 heterocycles. The third kappa shape index (κ3) is 4.09.